The van der Waals surface area contributed by atoms with E-state index in [1.54, 1.807) is 4.90 Å². The first-order chi connectivity index (χ1) is 7.89. The van der Waals surface area contributed by atoms with E-state index in [1.807, 2.05) is 20.8 Å². The van der Waals surface area contributed by atoms with Gasteiger partial charge in [-0.2, -0.15) is 0 Å². The van der Waals surface area contributed by atoms with Gasteiger partial charge in [0.25, 0.3) is 0 Å². The molecule has 0 radical (unpaired) electrons. The third-order valence-corrected chi connectivity index (χ3v) is 3.86. The van der Waals surface area contributed by atoms with E-state index in [9.17, 15) is 4.79 Å². The van der Waals surface area contributed by atoms with E-state index in [2.05, 4.69) is 15.9 Å². The zero-order chi connectivity index (χ0) is 12.6. The van der Waals surface area contributed by atoms with Crippen LogP contribution in [0.5, 0.6) is 0 Å². The molecule has 0 aromatic carbocycles. The van der Waals surface area contributed by atoms with Gasteiger partial charge in [0, 0.05) is 17.8 Å². The number of hydrogen-bond donors (Lipinski definition) is 0. The van der Waals surface area contributed by atoms with E-state index in [0.29, 0.717) is 18.6 Å². The summed E-state index contributed by atoms with van der Waals surface area (Å²) in [6, 6.07) is 0. The van der Waals surface area contributed by atoms with Gasteiger partial charge >= 0.3 is 6.09 Å². The smallest absolute Gasteiger partial charge is 0.410 e. The fourth-order valence-electron chi connectivity index (χ4n) is 2.44. The van der Waals surface area contributed by atoms with Gasteiger partial charge in [-0.3, -0.25) is 0 Å². The Balaban J connectivity index is 1.86. The summed E-state index contributed by atoms with van der Waals surface area (Å²) >= 11 is 3.44. The molecule has 2 fully saturated rings. The highest BCUT2D eigenvalue weighted by Gasteiger charge is 2.43. The average Bonchev–Trinajstić information content (AvgIpc) is 2.70. The molecule has 4 nitrogen and oxygen atoms in total. The maximum Gasteiger partial charge on any atom is 0.410 e. The normalized spacial score (nSPS) is 32.7. The molecule has 0 saturated carbocycles. The zero-order valence-corrected chi connectivity index (χ0v) is 12.2. The maximum absolute atomic E-state index is 11.9. The molecule has 5 heteroatoms. The summed E-state index contributed by atoms with van der Waals surface area (Å²) < 4.78 is 11.2. The fourth-order valence-corrected chi connectivity index (χ4v) is 2.85. The van der Waals surface area contributed by atoms with Crippen LogP contribution in [-0.2, 0) is 9.47 Å². The SMILES string of the molecule is CC(C)(C)OC(=O)N1C[C@@H]2C[C@H](CBr)O[C@@H]2C1. The number of carbonyl (C=O) groups is 1. The van der Waals surface area contributed by atoms with Crippen LogP contribution in [0.25, 0.3) is 0 Å². The summed E-state index contributed by atoms with van der Waals surface area (Å²) in [6.45, 7) is 7.10. The molecule has 2 heterocycles. The summed E-state index contributed by atoms with van der Waals surface area (Å²) in [5.74, 6) is 0.477. The quantitative estimate of drug-likeness (QED) is 0.698. The lowest BCUT2D eigenvalue weighted by Crippen LogP contribution is -2.36. The van der Waals surface area contributed by atoms with Gasteiger partial charge in [0.05, 0.1) is 18.8 Å². The molecule has 2 rings (SSSR count). The van der Waals surface area contributed by atoms with Crippen molar-refractivity contribution in [2.24, 2.45) is 5.92 Å². The molecule has 0 aromatic rings. The van der Waals surface area contributed by atoms with Crippen LogP contribution in [0.2, 0.25) is 0 Å². The van der Waals surface area contributed by atoms with Crippen LogP contribution >= 0.6 is 15.9 Å². The van der Waals surface area contributed by atoms with Crippen molar-refractivity contribution in [2.45, 2.75) is 45.0 Å². The van der Waals surface area contributed by atoms with Crippen LogP contribution in [0.1, 0.15) is 27.2 Å². The number of fused-ring (bicyclic) bond motifs is 1. The first-order valence-corrected chi connectivity index (χ1v) is 7.20. The topological polar surface area (TPSA) is 38.8 Å². The summed E-state index contributed by atoms with van der Waals surface area (Å²) in [6.07, 6.45) is 1.33. The molecule has 2 saturated heterocycles. The molecule has 0 spiro atoms. The first kappa shape index (κ1) is 13.1. The Morgan fingerprint density at radius 3 is 2.71 bits per heavy atom. The summed E-state index contributed by atoms with van der Waals surface area (Å²) in [5, 5.41) is 0.881. The van der Waals surface area contributed by atoms with Crippen molar-refractivity contribution in [1.82, 2.24) is 4.90 Å². The first-order valence-electron chi connectivity index (χ1n) is 6.08. The Bertz CT molecular complexity index is 289. The molecule has 17 heavy (non-hydrogen) atoms. The molecule has 0 aromatic heterocycles. The van der Waals surface area contributed by atoms with Crippen LogP contribution in [0.15, 0.2) is 0 Å². The molecule has 0 unspecified atom stereocenters. The molecular weight excluding hydrogens is 286 g/mol. The minimum atomic E-state index is -0.423. The fraction of sp³-hybridized carbons (Fsp3) is 0.917. The van der Waals surface area contributed by atoms with Crippen molar-refractivity contribution in [3.8, 4) is 0 Å². The van der Waals surface area contributed by atoms with Crippen molar-refractivity contribution in [1.29, 1.82) is 0 Å². The molecular formula is C12H20BrNO3. The van der Waals surface area contributed by atoms with E-state index in [1.165, 1.54) is 0 Å². The van der Waals surface area contributed by atoms with Crippen LogP contribution in [0, 0.1) is 5.92 Å². The number of nitrogens with zero attached hydrogens (tertiary/aromatic N) is 1. The second-order valence-electron chi connectivity index (χ2n) is 5.83. The maximum atomic E-state index is 11.9. The molecule has 0 N–H and O–H groups in total. The number of hydrogen-bond acceptors (Lipinski definition) is 3. The van der Waals surface area contributed by atoms with Gasteiger partial charge < -0.3 is 14.4 Å². The highest BCUT2D eigenvalue weighted by molar-refractivity contribution is 9.09. The van der Waals surface area contributed by atoms with Gasteiger partial charge in [-0.15, -0.1) is 0 Å². The number of likely N-dealkylation sites (tertiary alicyclic amines) is 1. The number of amides is 1. The van der Waals surface area contributed by atoms with Crippen molar-refractivity contribution >= 4 is 22.0 Å². The van der Waals surface area contributed by atoms with Gasteiger partial charge in [0.1, 0.15) is 5.60 Å². The Morgan fingerprint density at radius 1 is 1.47 bits per heavy atom. The highest BCUT2D eigenvalue weighted by atomic mass is 79.9. The minimum absolute atomic E-state index is 0.199. The molecule has 98 valence electrons. The third-order valence-electron chi connectivity index (χ3n) is 3.14. The molecule has 2 aliphatic rings. The second-order valence-corrected chi connectivity index (χ2v) is 6.48. The predicted octanol–water partition coefficient (Wildman–Crippen LogP) is 2.41. The lowest BCUT2D eigenvalue weighted by Gasteiger charge is -2.25. The molecule has 1 amide bonds. The van der Waals surface area contributed by atoms with Crippen molar-refractivity contribution in [3.05, 3.63) is 0 Å². The van der Waals surface area contributed by atoms with Gasteiger partial charge in [-0.1, -0.05) is 15.9 Å². The zero-order valence-electron chi connectivity index (χ0n) is 10.6. The van der Waals surface area contributed by atoms with Crippen LogP contribution < -0.4 is 0 Å². The van der Waals surface area contributed by atoms with Crippen LogP contribution in [0.3, 0.4) is 0 Å². The van der Waals surface area contributed by atoms with Crippen LogP contribution in [-0.4, -0.2) is 47.2 Å². The second kappa shape index (κ2) is 4.76. The number of alkyl halides is 1. The van der Waals surface area contributed by atoms with E-state index in [4.69, 9.17) is 9.47 Å². The molecule has 0 aliphatic carbocycles. The van der Waals surface area contributed by atoms with E-state index in [0.717, 1.165) is 18.3 Å². The van der Waals surface area contributed by atoms with Crippen molar-refractivity contribution < 1.29 is 14.3 Å². The summed E-state index contributed by atoms with van der Waals surface area (Å²) in [7, 11) is 0. The van der Waals surface area contributed by atoms with Gasteiger partial charge in [-0.25, -0.2) is 4.79 Å². The highest BCUT2D eigenvalue weighted by Crippen LogP contribution is 2.34. The van der Waals surface area contributed by atoms with E-state index < -0.39 is 5.60 Å². The van der Waals surface area contributed by atoms with Crippen LogP contribution in [0.4, 0.5) is 4.79 Å². The van der Waals surface area contributed by atoms with E-state index >= 15 is 0 Å². The van der Waals surface area contributed by atoms with Gasteiger partial charge in [0.15, 0.2) is 0 Å². The van der Waals surface area contributed by atoms with E-state index in [-0.39, 0.29) is 12.2 Å². The van der Waals surface area contributed by atoms with Gasteiger partial charge in [-0.05, 0) is 27.2 Å². The lowest BCUT2D eigenvalue weighted by molar-refractivity contribution is 0.0170. The number of ether oxygens (including phenoxy) is 2. The number of rotatable bonds is 1. The predicted molar refractivity (Wildman–Crippen MR) is 68.4 cm³/mol. The number of carbonyl (C=O) groups excluding carboxylic acids is 1. The molecule has 0 bridgehead atoms. The van der Waals surface area contributed by atoms with Gasteiger partial charge in [0.2, 0.25) is 0 Å². The Kier molecular flexibility index (Phi) is 3.69. The molecule has 3 atom stereocenters. The molecule has 2 aliphatic heterocycles. The minimum Gasteiger partial charge on any atom is -0.444 e. The summed E-state index contributed by atoms with van der Waals surface area (Å²) in [4.78, 5) is 13.7. The Labute approximate surface area is 111 Å². The lowest BCUT2D eigenvalue weighted by atomic mass is 10.0. The monoisotopic (exact) mass is 305 g/mol. The Morgan fingerprint density at radius 2 is 2.18 bits per heavy atom. The summed E-state index contributed by atoms with van der Waals surface area (Å²) in [5.41, 5.74) is -0.423. The number of halogens is 1. The third kappa shape index (κ3) is 3.13. The largest absolute Gasteiger partial charge is 0.444 e. The standard InChI is InChI=1S/C12H20BrNO3/c1-12(2,3)17-11(15)14-6-8-4-9(5-13)16-10(8)7-14/h8-10H,4-7H2,1-3H3/t8-,9+,10+/m0/s1. The van der Waals surface area contributed by atoms with Crippen molar-refractivity contribution in [2.75, 3.05) is 18.4 Å². The van der Waals surface area contributed by atoms with Crippen molar-refractivity contribution in [3.63, 3.8) is 0 Å². The Hall–Kier alpha value is -0.290. The average molecular weight is 306 g/mol.